The molecule has 0 fully saturated rings. The summed E-state index contributed by atoms with van der Waals surface area (Å²) < 4.78 is 7.54. The lowest BCUT2D eigenvalue weighted by Gasteiger charge is -2.22. The molecule has 3 aromatic heterocycles. The van der Waals surface area contributed by atoms with Crippen LogP contribution in [0.4, 0.5) is 17.3 Å². The number of ether oxygens (including phenoxy) is 1. The lowest BCUT2D eigenvalue weighted by Crippen LogP contribution is -2.25. The number of hydrogen-bond donors (Lipinski definition) is 1. The molecule has 1 aliphatic heterocycles. The van der Waals surface area contributed by atoms with Crippen LogP contribution in [-0.2, 0) is 13.5 Å². The van der Waals surface area contributed by atoms with Gasteiger partial charge < -0.3 is 19.5 Å². The molecule has 0 atom stereocenters. The number of pyridine rings is 2. The minimum Gasteiger partial charge on any atom is -0.491 e. The molecule has 4 aromatic rings. The fourth-order valence-corrected chi connectivity index (χ4v) is 4.22. The van der Waals surface area contributed by atoms with Gasteiger partial charge in [0, 0.05) is 39.5 Å². The zero-order valence-electron chi connectivity index (χ0n) is 18.7. The zero-order valence-corrected chi connectivity index (χ0v) is 18.7. The van der Waals surface area contributed by atoms with Crippen molar-refractivity contribution in [3.05, 3.63) is 70.4 Å². The molecule has 4 heterocycles. The van der Waals surface area contributed by atoms with Gasteiger partial charge in [-0.1, -0.05) is 6.07 Å². The van der Waals surface area contributed by atoms with Crippen molar-refractivity contribution in [3.63, 3.8) is 0 Å². The van der Waals surface area contributed by atoms with Crippen molar-refractivity contribution in [2.45, 2.75) is 13.3 Å². The van der Waals surface area contributed by atoms with Crippen LogP contribution in [0.1, 0.15) is 22.8 Å². The van der Waals surface area contributed by atoms with Gasteiger partial charge in [-0.25, -0.2) is 14.8 Å². The van der Waals surface area contributed by atoms with Gasteiger partial charge in [0.05, 0.1) is 23.4 Å². The molecule has 0 unspecified atom stereocenters. The fourth-order valence-electron chi connectivity index (χ4n) is 4.22. The fraction of sp³-hybridized carbons (Fsp3) is 0.250. The van der Waals surface area contributed by atoms with Crippen LogP contribution in [0.3, 0.4) is 0 Å². The maximum absolute atomic E-state index is 13.3. The number of fused-ring (bicyclic) bond motifs is 3. The first-order valence-electron chi connectivity index (χ1n) is 10.8. The van der Waals surface area contributed by atoms with Crippen molar-refractivity contribution in [3.8, 4) is 5.75 Å². The predicted octanol–water partition coefficient (Wildman–Crippen LogP) is 3.03. The Bertz CT molecular complexity index is 1420. The number of carbonyl (C=O) groups is 1. The second-order valence-corrected chi connectivity index (χ2v) is 7.91. The number of aromatic nitrogens is 4. The van der Waals surface area contributed by atoms with Gasteiger partial charge in [0.15, 0.2) is 5.82 Å². The van der Waals surface area contributed by atoms with Crippen LogP contribution in [0.25, 0.3) is 11.0 Å². The second-order valence-electron chi connectivity index (χ2n) is 7.91. The van der Waals surface area contributed by atoms with E-state index in [0.717, 1.165) is 22.3 Å². The molecular formula is C24H24N6O3. The molecule has 33 heavy (non-hydrogen) atoms. The number of para-hydroxylation sites is 1. The van der Waals surface area contributed by atoms with Crippen LogP contribution in [0, 0.1) is 0 Å². The highest BCUT2D eigenvalue weighted by Crippen LogP contribution is 2.37. The van der Waals surface area contributed by atoms with E-state index in [4.69, 9.17) is 4.74 Å². The minimum atomic E-state index is -0.186. The van der Waals surface area contributed by atoms with Crippen LogP contribution in [0.15, 0.2) is 53.6 Å². The number of imidazole rings is 1. The van der Waals surface area contributed by atoms with E-state index >= 15 is 0 Å². The number of benzene rings is 1. The molecule has 9 nitrogen and oxygen atoms in total. The van der Waals surface area contributed by atoms with E-state index in [1.807, 2.05) is 48.2 Å². The summed E-state index contributed by atoms with van der Waals surface area (Å²) in [6, 6.07) is 11.1. The summed E-state index contributed by atoms with van der Waals surface area (Å²) in [7, 11) is 3.46. The van der Waals surface area contributed by atoms with Crippen molar-refractivity contribution in [1.82, 2.24) is 19.5 Å². The number of nitrogens with zero attached hydrogens (tertiary/aromatic N) is 5. The van der Waals surface area contributed by atoms with Gasteiger partial charge in [0.25, 0.3) is 5.91 Å². The summed E-state index contributed by atoms with van der Waals surface area (Å²) in [5.41, 5.74) is 3.44. The number of hydrogen-bond acceptors (Lipinski definition) is 6. The van der Waals surface area contributed by atoms with Crippen molar-refractivity contribution >= 4 is 34.3 Å². The van der Waals surface area contributed by atoms with Crippen molar-refractivity contribution in [2.75, 3.05) is 30.0 Å². The van der Waals surface area contributed by atoms with Crippen LogP contribution >= 0.6 is 0 Å². The number of H-pyrrole nitrogens is 1. The molecule has 1 N–H and O–H groups in total. The Labute approximate surface area is 190 Å². The van der Waals surface area contributed by atoms with E-state index in [2.05, 4.69) is 15.0 Å². The Hall–Kier alpha value is -4.14. The van der Waals surface area contributed by atoms with E-state index in [1.165, 1.54) is 4.57 Å². The average molecular weight is 444 g/mol. The normalized spacial score (nSPS) is 13.1. The summed E-state index contributed by atoms with van der Waals surface area (Å²) in [6.07, 6.45) is 4.05. The van der Waals surface area contributed by atoms with Gasteiger partial charge in [-0.3, -0.25) is 9.36 Å². The number of rotatable bonds is 5. The number of aromatic amines is 1. The molecule has 0 spiro atoms. The maximum Gasteiger partial charge on any atom is 0.326 e. The summed E-state index contributed by atoms with van der Waals surface area (Å²) in [4.78, 5) is 40.7. The van der Waals surface area contributed by atoms with E-state index in [-0.39, 0.29) is 11.6 Å². The van der Waals surface area contributed by atoms with Crippen LogP contribution in [0.2, 0.25) is 0 Å². The van der Waals surface area contributed by atoms with Crippen LogP contribution in [-0.4, -0.2) is 45.6 Å². The molecule has 168 valence electrons. The van der Waals surface area contributed by atoms with Crippen LogP contribution < -0.4 is 20.2 Å². The van der Waals surface area contributed by atoms with Crippen molar-refractivity contribution in [2.24, 2.45) is 7.05 Å². The van der Waals surface area contributed by atoms with Gasteiger partial charge in [0.2, 0.25) is 0 Å². The Kier molecular flexibility index (Phi) is 5.08. The highest BCUT2D eigenvalue weighted by Gasteiger charge is 2.30. The SMILES string of the molecule is CCN1c2ncc(CCOc3cccc4[nH]c(=O)n(C)c34)cc2C(=O)N(C)c2cccnc21. The quantitative estimate of drug-likeness (QED) is 0.508. The molecule has 0 aliphatic carbocycles. The first kappa shape index (κ1) is 20.7. The van der Waals surface area contributed by atoms with Crippen molar-refractivity contribution in [1.29, 1.82) is 0 Å². The molecule has 1 amide bonds. The van der Waals surface area contributed by atoms with E-state index < -0.39 is 0 Å². The highest BCUT2D eigenvalue weighted by atomic mass is 16.5. The smallest absolute Gasteiger partial charge is 0.326 e. The summed E-state index contributed by atoms with van der Waals surface area (Å²) >= 11 is 0. The number of aryl methyl sites for hydroxylation is 1. The minimum absolute atomic E-state index is 0.127. The molecular weight excluding hydrogens is 420 g/mol. The third kappa shape index (κ3) is 3.42. The monoisotopic (exact) mass is 444 g/mol. The number of nitrogens with one attached hydrogen (secondary N) is 1. The Balaban J connectivity index is 1.42. The lowest BCUT2D eigenvalue weighted by molar-refractivity contribution is 0.0994. The number of carbonyl (C=O) groups excluding carboxylic acids is 1. The van der Waals surface area contributed by atoms with Crippen molar-refractivity contribution < 1.29 is 9.53 Å². The molecule has 5 rings (SSSR count). The summed E-state index contributed by atoms with van der Waals surface area (Å²) in [5.74, 6) is 1.81. The third-order valence-electron chi connectivity index (χ3n) is 5.94. The zero-order chi connectivity index (χ0) is 23.1. The molecule has 0 saturated heterocycles. The molecule has 0 bridgehead atoms. The van der Waals surface area contributed by atoms with Crippen LogP contribution in [0.5, 0.6) is 5.75 Å². The second kappa shape index (κ2) is 8.09. The maximum atomic E-state index is 13.3. The average Bonchev–Trinajstić information content (AvgIpc) is 3.09. The van der Waals surface area contributed by atoms with Gasteiger partial charge in [-0.2, -0.15) is 0 Å². The predicted molar refractivity (Wildman–Crippen MR) is 127 cm³/mol. The third-order valence-corrected chi connectivity index (χ3v) is 5.94. The van der Waals surface area contributed by atoms with E-state index in [1.54, 1.807) is 31.4 Å². The van der Waals surface area contributed by atoms with Gasteiger partial charge in [-0.15, -0.1) is 0 Å². The largest absolute Gasteiger partial charge is 0.491 e. The molecule has 1 aliphatic rings. The first-order chi connectivity index (χ1) is 16.0. The Morgan fingerprint density at radius 2 is 1.91 bits per heavy atom. The molecule has 0 saturated carbocycles. The summed E-state index contributed by atoms with van der Waals surface area (Å²) in [6.45, 7) is 3.02. The van der Waals surface area contributed by atoms with Gasteiger partial charge >= 0.3 is 5.69 Å². The number of amides is 1. The standard InChI is InChI=1S/C24H24N6O3/c1-4-30-21-16(23(31)28(2)18-8-6-11-25-22(18)30)13-15(14-26-21)10-12-33-19-9-5-7-17-20(19)29(3)24(32)27-17/h5-9,11,13-14H,4,10,12H2,1-3H3,(H,27,32). The Morgan fingerprint density at radius 3 is 2.73 bits per heavy atom. The van der Waals surface area contributed by atoms with E-state index in [9.17, 15) is 9.59 Å². The van der Waals surface area contributed by atoms with E-state index in [0.29, 0.717) is 42.5 Å². The Morgan fingerprint density at radius 1 is 1.06 bits per heavy atom. The molecule has 1 aromatic carbocycles. The topological polar surface area (TPSA) is 96.3 Å². The van der Waals surface area contributed by atoms with Gasteiger partial charge in [0.1, 0.15) is 17.1 Å². The first-order valence-corrected chi connectivity index (χ1v) is 10.8. The van der Waals surface area contributed by atoms with Gasteiger partial charge in [-0.05, 0) is 42.8 Å². The molecule has 0 radical (unpaired) electrons. The molecule has 9 heteroatoms. The number of anilines is 3. The highest BCUT2D eigenvalue weighted by molar-refractivity contribution is 6.12. The summed E-state index contributed by atoms with van der Waals surface area (Å²) in [5, 5.41) is 0. The lowest BCUT2D eigenvalue weighted by atomic mass is 10.1.